The lowest BCUT2D eigenvalue weighted by Crippen LogP contribution is -2.19. The molecule has 1 aliphatic rings. The molecule has 1 N–H and O–H groups in total. The van der Waals surface area contributed by atoms with E-state index in [1.54, 1.807) is 0 Å². The molecule has 1 aromatic rings. The van der Waals surface area contributed by atoms with Gasteiger partial charge in [0.05, 0.1) is 0 Å². The van der Waals surface area contributed by atoms with Crippen LogP contribution in [-0.4, -0.2) is 6.54 Å². The minimum Gasteiger partial charge on any atom is -0.384 e. The standard InChI is InChI=1S/C12H16BrN/c1-12(2,3)10-7-14-11-5-4-8(13)6-9(10)11/h4-6,10,14H,7H2,1-3H3. The van der Waals surface area contributed by atoms with Crippen LogP contribution in [0.5, 0.6) is 0 Å². The molecular weight excluding hydrogens is 238 g/mol. The van der Waals surface area contributed by atoms with Gasteiger partial charge in [-0.25, -0.2) is 0 Å². The topological polar surface area (TPSA) is 12.0 Å². The smallest absolute Gasteiger partial charge is 0.0377 e. The average molecular weight is 254 g/mol. The first-order valence-electron chi connectivity index (χ1n) is 5.02. The van der Waals surface area contributed by atoms with E-state index in [-0.39, 0.29) is 0 Å². The number of hydrogen-bond donors (Lipinski definition) is 1. The molecule has 1 nitrogen and oxygen atoms in total. The second-order valence-electron chi connectivity index (χ2n) is 5.03. The van der Waals surface area contributed by atoms with Crippen molar-refractivity contribution in [3.63, 3.8) is 0 Å². The van der Waals surface area contributed by atoms with Crippen molar-refractivity contribution in [2.45, 2.75) is 26.7 Å². The van der Waals surface area contributed by atoms with E-state index in [4.69, 9.17) is 0 Å². The van der Waals surface area contributed by atoms with Crippen molar-refractivity contribution >= 4 is 21.6 Å². The highest BCUT2D eigenvalue weighted by molar-refractivity contribution is 9.10. The second kappa shape index (κ2) is 3.27. The summed E-state index contributed by atoms with van der Waals surface area (Å²) in [5.41, 5.74) is 3.08. The molecular formula is C12H16BrN. The van der Waals surface area contributed by atoms with Crippen molar-refractivity contribution in [2.75, 3.05) is 11.9 Å². The van der Waals surface area contributed by atoms with Crippen LogP contribution in [0.1, 0.15) is 32.3 Å². The predicted octanol–water partition coefficient (Wildman–Crippen LogP) is 4.00. The van der Waals surface area contributed by atoms with E-state index in [1.807, 2.05) is 0 Å². The number of rotatable bonds is 0. The molecule has 1 aliphatic heterocycles. The van der Waals surface area contributed by atoms with Crippen LogP contribution < -0.4 is 5.32 Å². The van der Waals surface area contributed by atoms with Crippen LogP contribution in [0.25, 0.3) is 0 Å². The van der Waals surface area contributed by atoms with Crippen molar-refractivity contribution in [1.82, 2.24) is 0 Å². The summed E-state index contributed by atoms with van der Waals surface area (Å²) in [4.78, 5) is 0. The third-order valence-corrected chi connectivity index (χ3v) is 3.42. The van der Waals surface area contributed by atoms with Crippen LogP contribution in [0.4, 0.5) is 5.69 Å². The minimum absolute atomic E-state index is 0.332. The van der Waals surface area contributed by atoms with Crippen molar-refractivity contribution in [3.8, 4) is 0 Å². The quantitative estimate of drug-likeness (QED) is 0.737. The third kappa shape index (κ3) is 1.68. The van der Waals surface area contributed by atoms with E-state index in [1.165, 1.54) is 15.7 Å². The SMILES string of the molecule is CC(C)(C)C1CNc2ccc(Br)cc21. The Kier molecular flexibility index (Phi) is 2.34. The fourth-order valence-electron chi connectivity index (χ4n) is 2.08. The maximum atomic E-state index is 3.53. The van der Waals surface area contributed by atoms with Gasteiger partial charge in [0, 0.05) is 22.6 Å². The first-order valence-corrected chi connectivity index (χ1v) is 5.81. The second-order valence-corrected chi connectivity index (χ2v) is 5.95. The zero-order valence-corrected chi connectivity index (χ0v) is 10.5. The highest BCUT2D eigenvalue weighted by Gasteiger charge is 2.32. The summed E-state index contributed by atoms with van der Waals surface area (Å²) in [6.45, 7) is 7.97. The summed E-state index contributed by atoms with van der Waals surface area (Å²) >= 11 is 3.53. The van der Waals surface area contributed by atoms with Gasteiger partial charge in [0.25, 0.3) is 0 Å². The number of hydrogen-bond acceptors (Lipinski definition) is 1. The Morgan fingerprint density at radius 3 is 2.71 bits per heavy atom. The number of fused-ring (bicyclic) bond motifs is 1. The Morgan fingerprint density at radius 2 is 2.07 bits per heavy atom. The first kappa shape index (κ1) is 10.0. The van der Waals surface area contributed by atoms with Crippen molar-refractivity contribution < 1.29 is 0 Å². The lowest BCUT2D eigenvalue weighted by molar-refractivity contribution is 0.339. The molecule has 0 amide bonds. The van der Waals surface area contributed by atoms with Gasteiger partial charge in [-0.2, -0.15) is 0 Å². The van der Waals surface area contributed by atoms with Gasteiger partial charge in [0.15, 0.2) is 0 Å². The third-order valence-electron chi connectivity index (χ3n) is 2.93. The number of nitrogens with one attached hydrogen (secondary N) is 1. The fraction of sp³-hybridized carbons (Fsp3) is 0.500. The fourth-order valence-corrected chi connectivity index (χ4v) is 2.46. The maximum absolute atomic E-state index is 3.53. The molecule has 1 unspecified atom stereocenters. The number of benzene rings is 1. The van der Waals surface area contributed by atoms with Gasteiger partial charge in [-0.3, -0.25) is 0 Å². The summed E-state index contributed by atoms with van der Waals surface area (Å²) in [6, 6.07) is 6.49. The van der Waals surface area contributed by atoms with E-state index >= 15 is 0 Å². The Labute approximate surface area is 94.0 Å². The molecule has 1 atom stereocenters. The lowest BCUT2D eigenvalue weighted by atomic mass is 9.78. The number of anilines is 1. The van der Waals surface area contributed by atoms with Crippen LogP contribution >= 0.6 is 15.9 Å². The summed E-state index contributed by atoms with van der Waals surface area (Å²) in [5, 5.41) is 3.46. The van der Waals surface area contributed by atoms with Crippen LogP contribution in [0.2, 0.25) is 0 Å². The van der Waals surface area contributed by atoms with Gasteiger partial charge in [-0.15, -0.1) is 0 Å². The summed E-state index contributed by atoms with van der Waals surface area (Å²) in [7, 11) is 0. The van der Waals surface area contributed by atoms with Gasteiger partial charge < -0.3 is 5.32 Å². The molecule has 0 saturated heterocycles. The van der Waals surface area contributed by atoms with Crippen LogP contribution in [0, 0.1) is 5.41 Å². The normalized spacial score (nSPS) is 20.4. The Balaban J connectivity index is 2.43. The summed E-state index contributed by atoms with van der Waals surface area (Å²) < 4.78 is 1.18. The maximum Gasteiger partial charge on any atom is 0.0377 e. The zero-order valence-electron chi connectivity index (χ0n) is 8.89. The molecule has 0 saturated carbocycles. The molecule has 14 heavy (non-hydrogen) atoms. The van der Waals surface area contributed by atoms with Crippen molar-refractivity contribution in [1.29, 1.82) is 0 Å². The zero-order chi connectivity index (χ0) is 10.3. The summed E-state index contributed by atoms with van der Waals surface area (Å²) in [6.07, 6.45) is 0. The molecule has 76 valence electrons. The molecule has 0 aliphatic carbocycles. The Hall–Kier alpha value is -0.500. The van der Waals surface area contributed by atoms with E-state index < -0.39 is 0 Å². The van der Waals surface area contributed by atoms with Gasteiger partial charge in [-0.05, 0) is 29.2 Å². The summed E-state index contributed by atoms with van der Waals surface area (Å²) in [5.74, 6) is 0.620. The van der Waals surface area contributed by atoms with E-state index in [0.29, 0.717) is 11.3 Å². The van der Waals surface area contributed by atoms with Crippen molar-refractivity contribution in [3.05, 3.63) is 28.2 Å². The van der Waals surface area contributed by atoms with Gasteiger partial charge in [0.2, 0.25) is 0 Å². The predicted molar refractivity (Wildman–Crippen MR) is 64.8 cm³/mol. The average Bonchev–Trinajstić information content (AvgIpc) is 2.45. The largest absolute Gasteiger partial charge is 0.384 e. The molecule has 2 rings (SSSR count). The first-order chi connectivity index (χ1) is 6.48. The number of halogens is 1. The molecule has 1 heterocycles. The molecule has 1 aromatic carbocycles. The highest BCUT2D eigenvalue weighted by Crippen LogP contribution is 2.43. The van der Waals surface area contributed by atoms with Gasteiger partial charge >= 0.3 is 0 Å². The van der Waals surface area contributed by atoms with E-state index in [2.05, 4.69) is 60.2 Å². The van der Waals surface area contributed by atoms with E-state index in [9.17, 15) is 0 Å². The minimum atomic E-state index is 0.332. The molecule has 0 aromatic heterocycles. The van der Waals surface area contributed by atoms with Crippen LogP contribution in [0.3, 0.4) is 0 Å². The van der Waals surface area contributed by atoms with Gasteiger partial charge in [-0.1, -0.05) is 36.7 Å². The van der Waals surface area contributed by atoms with Gasteiger partial charge in [0.1, 0.15) is 0 Å². The Morgan fingerprint density at radius 1 is 1.36 bits per heavy atom. The van der Waals surface area contributed by atoms with E-state index in [0.717, 1.165) is 6.54 Å². The molecule has 2 heteroatoms. The lowest BCUT2D eigenvalue weighted by Gasteiger charge is -2.26. The molecule has 0 spiro atoms. The monoisotopic (exact) mass is 253 g/mol. The van der Waals surface area contributed by atoms with Crippen molar-refractivity contribution in [2.24, 2.45) is 5.41 Å². The molecule has 0 bridgehead atoms. The van der Waals surface area contributed by atoms with Crippen LogP contribution in [-0.2, 0) is 0 Å². The highest BCUT2D eigenvalue weighted by atomic mass is 79.9. The molecule has 0 radical (unpaired) electrons. The van der Waals surface area contributed by atoms with Crippen LogP contribution in [0.15, 0.2) is 22.7 Å². The Bertz CT molecular complexity index is 352. The molecule has 0 fully saturated rings.